The fourth-order valence-electron chi connectivity index (χ4n) is 1.58. The first-order chi connectivity index (χ1) is 9.20. The van der Waals surface area contributed by atoms with Gasteiger partial charge in [-0.1, -0.05) is 34.1 Å². The lowest BCUT2D eigenvalue weighted by Crippen LogP contribution is -2.45. The highest BCUT2D eigenvalue weighted by atomic mass is 79.9. The standard InChI is InChI=1S/C12H11BrF3NO3/c13-9-4-2-1-3-7(9)5-8(6-10(18)19)17-11(20)12(14,15)16/h1-4,8H,5-6H2,(H,17,20)(H,18,19)/t8-/m1/s1. The minimum absolute atomic E-state index is 0.0183. The van der Waals surface area contributed by atoms with E-state index in [4.69, 9.17) is 5.11 Å². The summed E-state index contributed by atoms with van der Waals surface area (Å²) >= 11 is 3.21. The summed E-state index contributed by atoms with van der Waals surface area (Å²) in [7, 11) is 0. The number of carbonyl (C=O) groups is 2. The Morgan fingerprint density at radius 2 is 1.90 bits per heavy atom. The molecule has 0 bridgehead atoms. The molecule has 0 fully saturated rings. The van der Waals surface area contributed by atoms with E-state index in [1.807, 2.05) is 0 Å². The predicted molar refractivity (Wildman–Crippen MR) is 68.1 cm³/mol. The van der Waals surface area contributed by atoms with Crippen molar-refractivity contribution in [3.05, 3.63) is 34.3 Å². The molecule has 0 aromatic heterocycles. The molecular formula is C12H11BrF3NO3. The first-order valence-electron chi connectivity index (χ1n) is 5.53. The van der Waals surface area contributed by atoms with E-state index in [0.29, 0.717) is 10.0 Å². The van der Waals surface area contributed by atoms with Gasteiger partial charge in [0, 0.05) is 10.5 Å². The third-order valence-electron chi connectivity index (χ3n) is 2.44. The van der Waals surface area contributed by atoms with Gasteiger partial charge in [-0.25, -0.2) is 0 Å². The van der Waals surface area contributed by atoms with E-state index in [2.05, 4.69) is 15.9 Å². The van der Waals surface area contributed by atoms with Crippen LogP contribution < -0.4 is 5.32 Å². The smallest absolute Gasteiger partial charge is 0.471 e. The molecule has 0 saturated heterocycles. The highest BCUT2D eigenvalue weighted by molar-refractivity contribution is 9.10. The largest absolute Gasteiger partial charge is 0.481 e. The second kappa shape index (κ2) is 6.74. The van der Waals surface area contributed by atoms with Crippen LogP contribution in [-0.2, 0) is 16.0 Å². The van der Waals surface area contributed by atoms with E-state index in [-0.39, 0.29) is 6.42 Å². The van der Waals surface area contributed by atoms with Crippen LogP contribution in [0.15, 0.2) is 28.7 Å². The second-order valence-corrected chi connectivity index (χ2v) is 4.92. The molecule has 1 rings (SSSR count). The molecule has 110 valence electrons. The Balaban J connectivity index is 2.83. The van der Waals surface area contributed by atoms with Gasteiger partial charge in [0.15, 0.2) is 0 Å². The van der Waals surface area contributed by atoms with Gasteiger partial charge in [-0.3, -0.25) is 9.59 Å². The molecule has 0 saturated carbocycles. The Kier molecular flexibility index (Phi) is 5.55. The molecular weight excluding hydrogens is 343 g/mol. The van der Waals surface area contributed by atoms with Gasteiger partial charge in [-0.15, -0.1) is 0 Å². The highest BCUT2D eigenvalue weighted by Crippen LogP contribution is 2.20. The topological polar surface area (TPSA) is 66.4 Å². The highest BCUT2D eigenvalue weighted by Gasteiger charge is 2.40. The van der Waals surface area contributed by atoms with Crippen LogP contribution in [0.4, 0.5) is 13.2 Å². The van der Waals surface area contributed by atoms with E-state index >= 15 is 0 Å². The molecule has 0 heterocycles. The van der Waals surface area contributed by atoms with Crippen LogP contribution in [0.2, 0.25) is 0 Å². The van der Waals surface area contributed by atoms with Gasteiger partial charge in [0.2, 0.25) is 0 Å². The van der Waals surface area contributed by atoms with Crippen molar-refractivity contribution in [1.82, 2.24) is 5.32 Å². The quantitative estimate of drug-likeness (QED) is 0.854. The molecule has 20 heavy (non-hydrogen) atoms. The maximum absolute atomic E-state index is 12.2. The summed E-state index contributed by atoms with van der Waals surface area (Å²) in [6.07, 6.45) is -5.65. The van der Waals surface area contributed by atoms with Gasteiger partial charge in [-0.2, -0.15) is 13.2 Å². The number of benzene rings is 1. The number of alkyl halides is 3. The lowest BCUT2D eigenvalue weighted by atomic mass is 10.0. The molecule has 0 aliphatic heterocycles. The number of hydrogen-bond acceptors (Lipinski definition) is 2. The molecule has 0 unspecified atom stereocenters. The molecule has 1 atom stereocenters. The van der Waals surface area contributed by atoms with Crippen molar-refractivity contribution >= 4 is 27.8 Å². The van der Waals surface area contributed by atoms with Crippen molar-refractivity contribution in [3.8, 4) is 0 Å². The Labute approximate surface area is 121 Å². The van der Waals surface area contributed by atoms with Gasteiger partial charge >= 0.3 is 18.1 Å². The number of rotatable bonds is 5. The van der Waals surface area contributed by atoms with E-state index in [9.17, 15) is 22.8 Å². The molecule has 1 aromatic rings. The Morgan fingerprint density at radius 1 is 1.30 bits per heavy atom. The van der Waals surface area contributed by atoms with Gasteiger partial charge in [0.1, 0.15) is 0 Å². The zero-order valence-electron chi connectivity index (χ0n) is 10.1. The molecule has 1 aromatic carbocycles. The van der Waals surface area contributed by atoms with Crippen LogP contribution >= 0.6 is 15.9 Å². The predicted octanol–water partition coefficient (Wildman–Crippen LogP) is 2.51. The molecule has 1 amide bonds. The summed E-state index contributed by atoms with van der Waals surface area (Å²) in [5.74, 6) is -3.43. The molecule has 8 heteroatoms. The van der Waals surface area contributed by atoms with Crippen LogP contribution in [0, 0.1) is 0 Å². The van der Waals surface area contributed by atoms with Crippen LogP contribution in [0.3, 0.4) is 0 Å². The number of halogens is 4. The number of aliphatic carboxylic acids is 1. The van der Waals surface area contributed by atoms with Crippen LogP contribution in [-0.4, -0.2) is 29.2 Å². The number of carbonyl (C=O) groups excluding carboxylic acids is 1. The summed E-state index contributed by atoms with van der Waals surface area (Å²) in [6.45, 7) is 0. The van der Waals surface area contributed by atoms with Crippen LogP contribution in [0.5, 0.6) is 0 Å². The van der Waals surface area contributed by atoms with Gasteiger partial charge in [-0.05, 0) is 18.1 Å². The van der Waals surface area contributed by atoms with E-state index in [0.717, 1.165) is 0 Å². The average Bonchev–Trinajstić information content (AvgIpc) is 2.30. The molecule has 4 nitrogen and oxygen atoms in total. The lowest BCUT2D eigenvalue weighted by molar-refractivity contribution is -0.174. The number of hydrogen-bond donors (Lipinski definition) is 2. The van der Waals surface area contributed by atoms with Crippen molar-refractivity contribution < 1.29 is 27.9 Å². The maximum Gasteiger partial charge on any atom is 0.471 e. The number of carboxylic acid groups (broad SMARTS) is 1. The van der Waals surface area contributed by atoms with Gasteiger partial charge in [0.25, 0.3) is 0 Å². The lowest BCUT2D eigenvalue weighted by Gasteiger charge is -2.18. The first kappa shape index (κ1) is 16.5. The first-order valence-corrected chi connectivity index (χ1v) is 6.32. The Bertz CT molecular complexity index is 505. The molecule has 0 aliphatic rings. The molecule has 0 spiro atoms. The summed E-state index contributed by atoms with van der Waals surface area (Å²) in [6, 6.07) is 5.56. The zero-order valence-corrected chi connectivity index (χ0v) is 11.7. The minimum Gasteiger partial charge on any atom is -0.481 e. The van der Waals surface area contributed by atoms with Crippen molar-refractivity contribution in [2.24, 2.45) is 0 Å². The van der Waals surface area contributed by atoms with E-state index in [1.54, 1.807) is 29.6 Å². The van der Waals surface area contributed by atoms with Crippen molar-refractivity contribution in [3.63, 3.8) is 0 Å². The number of amides is 1. The molecule has 0 radical (unpaired) electrons. The fourth-order valence-corrected chi connectivity index (χ4v) is 2.03. The van der Waals surface area contributed by atoms with Crippen molar-refractivity contribution in [1.29, 1.82) is 0 Å². The summed E-state index contributed by atoms with van der Waals surface area (Å²) in [5.41, 5.74) is 0.612. The second-order valence-electron chi connectivity index (χ2n) is 4.06. The average molecular weight is 354 g/mol. The number of nitrogens with one attached hydrogen (secondary N) is 1. The minimum atomic E-state index is -5.04. The van der Waals surface area contributed by atoms with Crippen molar-refractivity contribution in [2.45, 2.75) is 25.1 Å². The summed E-state index contributed by atoms with van der Waals surface area (Å²) in [5, 5.41) is 10.4. The number of carboxylic acids is 1. The van der Waals surface area contributed by atoms with E-state index in [1.165, 1.54) is 0 Å². The fraction of sp³-hybridized carbons (Fsp3) is 0.333. The summed E-state index contributed by atoms with van der Waals surface area (Å²) in [4.78, 5) is 21.6. The van der Waals surface area contributed by atoms with Crippen LogP contribution in [0.1, 0.15) is 12.0 Å². The molecule has 0 aliphatic carbocycles. The zero-order chi connectivity index (χ0) is 15.3. The Morgan fingerprint density at radius 3 is 2.40 bits per heavy atom. The monoisotopic (exact) mass is 353 g/mol. The normalized spacial score (nSPS) is 12.8. The van der Waals surface area contributed by atoms with Crippen LogP contribution in [0.25, 0.3) is 0 Å². The van der Waals surface area contributed by atoms with Crippen molar-refractivity contribution in [2.75, 3.05) is 0 Å². The maximum atomic E-state index is 12.2. The SMILES string of the molecule is O=C(O)C[C@@H](Cc1ccccc1Br)NC(=O)C(F)(F)F. The van der Waals surface area contributed by atoms with Gasteiger partial charge in [0.05, 0.1) is 6.42 Å². The Hall–Kier alpha value is -1.57. The summed E-state index contributed by atoms with van der Waals surface area (Å²) < 4.78 is 37.2. The van der Waals surface area contributed by atoms with Gasteiger partial charge < -0.3 is 10.4 Å². The third kappa shape index (κ3) is 5.20. The third-order valence-corrected chi connectivity index (χ3v) is 3.21. The van der Waals surface area contributed by atoms with E-state index < -0.39 is 30.5 Å². The molecule has 2 N–H and O–H groups in total.